The fraction of sp³-hybridized carbons (Fsp3) is 0.677. The first-order valence-corrected chi connectivity index (χ1v) is 14.3. The van der Waals surface area contributed by atoms with E-state index < -0.39 is 0 Å². The second kappa shape index (κ2) is 16.0. The minimum atomic E-state index is 1.10. The molecule has 1 aliphatic carbocycles. The van der Waals surface area contributed by atoms with Crippen LogP contribution in [-0.4, -0.2) is 11.2 Å². The summed E-state index contributed by atoms with van der Waals surface area (Å²) in [6.45, 7) is 2.30. The molecule has 0 aliphatic heterocycles. The maximum Gasteiger partial charge on any atom is 0.0769 e. The number of benzene rings is 1. The van der Waals surface area contributed by atoms with E-state index in [0.717, 1.165) is 24.8 Å². The minimum absolute atomic E-state index is 1.10. The van der Waals surface area contributed by atoms with Gasteiger partial charge in [0.1, 0.15) is 0 Å². The molecule has 0 bridgehead atoms. The maximum atomic E-state index is 4.99. The number of fused-ring (bicyclic) bond motifs is 2. The number of nitrogens with zero attached hydrogens (tertiary/aromatic N) is 2. The average Bonchev–Trinajstić information content (AvgIpc) is 2.85. The molecule has 0 spiro atoms. The third-order valence-corrected chi connectivity index (χ3v) is 7.30. The van der Waals surface area contributed by atoms with Crippen LogP contribution in [-0.2, 0) is 12.8 Å². The second-order valence-electron chi connectivity index (χ2n) is 10.2. The Hall–Kier alpha value is -1.70. The fourth-order valence-corrected chi connectivity index (χ4v) is 5.26. The minimum Gasteiger partial charge on any atom is -0.260 e. The summed E-state index contributed by atoms with van der Waals surface area (Å²) in [5.41, 5.74) is 5.01. The van der Waals surface area contributed by atoms with E-state index in [9.17, 15) is 0 Å². The number of aromatic nitrogens is 1. The van der Waals surface area contributed by atoms with Gasteiger partial charge in [0.25, 0.3) is 0 Å². The van der Waals surface area contributed by atoms with Crippen molar-refractivity contribution in [1.82, 2.24) is 4.98 Å². The number of aryl methyl sites for hydroxylation is 1. The van der Waals surface area contributed by atoms with E-state index in [1.54, 1.807) is 0 Å². The van der Waals surface area contributed by atoms with E-state index in [2.05, 4.69) is 37.4 Å². The van der Waals surface area contributed by atoms with Crippen LogP contribution in [0.2, 0.25) is 0 Å². The van der Waals surface area contributed by atoms with Crippen molar-refractivity contribution in [2.75, 3.05) is 0 Å². The van der Waals surface area contributed by atoms with Crippen LogP contribution in [0.5, 0.6) is 0 Å². The molecule has 2 heteroatoms. The van der Waals surface area contributed by atoms with E-state index in [1.807, 2.05) is 0 Å². The molecule has 1 aromatic carbocycles. The van der Waals surface area contributed by atoms with Crippen molar-refractivity contribution >= 4 is 22.8 Å². The van der Waals surface area contributed by atoms with E-state index in [1.165, 1.54) is 131 Å². The van der Waals surface area contributed by atoms with Crippen molar-refractivity contribution in [1.29, 1.82) is 0 Å². The largest absolute Gasteiger partial charge is 0.260 e. The van der Waals surface area contributed by atoms with Crippen LogP contribution in [0.25, 0.3) is 10.9 Å². The molecule has 1 heterocycles. The molecule has 1 aliphatic rings. The summed E-state index contributed by atoms with van der Waals surface area (Å²) in [5.74, 6) is 0. The number of pyridine rings is 1. The molecule has 0 unspecified atom stereocenters. The smallest absolute Gasteiger partial charge is 0.0769 e. The first-order chi connectivity index (χ1) is 16.4. The third kappa shape index (κ3) is 9.22. The Kier molecular flexibility index (Phi) is 12.6. The lowest BCUT2D eigenvalue weighted by Gasteiger charge is -2.18. The molecular weight excluding hydrogens is 400 g/mol. The number of aliphatic imine (C=N–C) groups is 1. The molecule has 0 atom stereocenters. The topological polar surface area (TPSA) is 25.2 Å². The lowest BCUT2D eigenvalue weighted by Crippen LogP contribution is -2.06. The van der Waals surface area contributed by atoms with Gasteiger partial charge in [0.2, 0.25) is 0 Å². The molecular formula is C31H48N2. The van der Waals surface area contributed by atoms with Crippen molar-refractivity contribution in [2.24, 2.45) is 4.99 Å². The Balaban J connectivity index is 1.25. The van der Waals surface area contributed by atoms with Crippen molar-refractivity contribution in [3.8, 4) is 0 Å². The highest BCUT2D eigenvalue weighted by Gasteiger charge is 2.17. The average molecular weight is 449 g/mol. The molecule has 182 valence electrons. The first kappa shape index (κ1) is 25.9. The summed E-state index contributed by atoms with van der Waals surface area (Å²) in [6.07, 6.45) is 29.3. The van der Waals surface area contributed by atoms with Gasteiger partial charge in [-0.3, -0.25) is 9.98 Å². The highest BCUT2D eigenvalue weighted by Crippen LogP contribution is 2.35. The predicted molar refractivity (Wildman–Crippen MR) is 146 cm³/mol. The fourth-order valence-electron chi connectivity index (χ4n) is 5.26. The third-order valence-electron chi connectivity index (χ3n) is 7.30. The van der Waals surface area contributed by atoms with Gasteiger partial charge in [0, 0.05) is 17.3 Å². The normalized spacial score (nSPS) is 13.7. The Morgan fingerprint density at radius 2 is 1.30 bits per heavy atom. The van der Waals surface area contributed by atoms with Crippen LogP contribution in [0.4, 0.5) is 5.69 Å². The molecule has 0 saturated carbocycles. The van der Waals surface area contributed by atoms with Crippen LogP contribution in [0, 0.1) is 0 Å². The summed E-state index contributed by atoms with van der Waals surface area (Å²) >= 11 is 0. The second-order valence-corrected chi connectivity index (χ2v) is 10.2. The van der Waals surface area contributed by atoms with Gasteiger partial charge in [0.15, 0.2) is 0 Å². The zero-order valence-electron chi connectivity index (χ0n) is 21.4. The molecule has 0 radical (unpaired) electrons. The van der Waals surface area contributed by atoms with Gasteiger partial charge >= 0.3 is 0 Å². The lowest BCUT2D eigenvalue weighted by atomic mass is 9.93. The van der Waals surface area contributed by atoms with E-state index in [-0.39, 0.29) is 0 Å². The van der Waals surface area contributed by atoms with Gasteiger partial charge in [-0.1, -0.05) is 115 Å². The van der Waals surface area contributed by atoms with Crippen molar-refractivity contribution in [3.63, 3.8) is 0 Å². The molecule has 0 amide bonds. The Labute approximate surface area is 203 Å². The molecule has 0 saturated heterocycles. The maximum absolute atomic E-state index is 4.99. The quantitative estimate of drug-likeness (QED) is 0.174. The van der Waals surface area contributed by atoms with E-state index in [4.69, 9.17) is 9.98 Å². The van der Waals surface area contributed by atoms with Crippen molar-refractivity contribution < 1.29 is 0 Å². The van der Waals surface area contributed by atoms with Gasteiger partial charge in [-0.25, -0.2) is 0 Å². The zero-order valence-corrected chi connectivity index (χ0v) is 21.4. The number of rotatable bonds is 17. The summed E-state index contributed by atoms with van der Waals surface area (Å²) in [6, 6.07) is 8.54. The molecule has 1 aromatic heterocycles. The number of para-hydroxylation sites is 1. The van der Waals surface area contributed by atoms with Crippen LogP contribution in [0.15, 0.2) is 29.3 Å². The van der Waals surface area contributed by atoms with E-state index >= 15 is 0 Å². The summed E-state index contributed by atoms with van der Waals surface area (Å²) in [4.78, 5) is 9.92. The van der Waals surface area contributed by atoms with Crippen LogP contribution in [0.3, 0.4) is 0 Å². The lowest BCUT2D eigenvalue weighted by molar-refractivity contribution is 0.533. The summed E-state index contributed by atoms with van der Waals surface area (Å²) in [7, 11) is 0. The number of hydrogen-bond acceptors (Lipinski definition) is 2. The SMILES string of the molecule is CCCCCCCCCCCCCCCCC/C=N\c1c2c(nc3ccccc13)CCCC2. The van der Waals surface area contributed by atoms with Gasteiger partial charge in [-0.15, -0.1) is 0 Å². The van der Waals surface area contributed by atoms with Gasteiger partial charge in [0.05, 0.1) is 11.2 Å². The van der Waals surface area contributed by atoms with Gasteiger partial charge in [-0.2, -0.15) is 0 Å². The molecule has 2 nitrogen and oxygen atoms in total. The zero-order chi connectivity index (χ0) is 23.0. The van der Waals surface area contributed by atoms with E-state index in [0.29, 0.717) is 0 Å². The molecule has 2 aromatic rings. The van der Waals surface area contributed by atoms with Crippen LogP contribution >= 0.6 is 0 Å². The van der Waals surface area contributed by atoms with Gasteiger partial charge in [-0.05, 0) is 50.2 Å². The highest BCUT2D eigenvalue weighted by atomic mass is 14.8. The molecule has 3 rings (SSSR count). The Bertz CT molecular complexity index is 823. The van der Waals surface area contributed by atoms with Gasteiger partial charge < -0.3 is 0 Å². The summed E-state index contributed by atoms with van der Waals surface area (Å²) < 4.78 is 0. The first-order valence-electron chi connectivity index (χ1n) is 14.3. The van der Waals surface area contributed by atoms with Crippen molar-refractivity contribution in [3.05, 3.63) is 35.5 Å². The van der Waals surface area contributed by atoms with Crippen LogP contribution in [0.1, 0.15) is 134 Å². The molecule has 0 N–H and O–H groups in total. The predicted octanol–water partition coefficient (Wildman–Crippen LogP) is 10.1. The molecule has 0 fully saturated rings. The monoisotopic (exact) mass is 448 g/mol. The number of unbranched alkanes of at least 4 members (excludes halogenated alkanes) is 15. The van der Waals surface area contributed by atoms with Crippen LogP contribution < -0.4 is 0 Å². The molecule has 33 heavy (non-hydrogen) atoms. The Morgan fingerprint density at radius 3 is 1.97 bits per heavy atom. The highest BCUT2D eigenvalue weighted by molar-refractivity contribution is 5.93. The Morgan fingerprint density at radius 1 is 0.727 bits per heavy atom. The standard InChI is InChI=1S/C31H48N2/c1-2-3-4-5-6-7-8-9-10-11-12-13-14-15-16-21-26-32-31-27-22-17-19-24-29(27)33-30-25-20-18-23-28(30)31/h17,19,22,24,26H,2-16,18,20-21,23,25H2,1H3/b32-26-. The van der Waals surface area contributed by atoms with Crippen molar-refractivity contribution in [2.45, 2.75) is 135 Å². The number of hydrogen-bond donors (Lipinski definition) is 0. The summed E-state index contributed by atoms with van der Waals surface area (Å²) in [5, 5.41) is 1.23.